The molecule has 1 aliphatic heterocycles. The van der Waals surface area contributed by atoms with Crippen LogP contribution in [0.2, 0.25) is 5.04 Å². The molecular formula is C31H48O6Si. The maximum absolute atomic E-state index is 12.5. The van der Waals surface area contributed by atoms with Crippen molar-refractivity contribution in [3.05, 3.63) is 60.7 Å². The third-order valence-corrected chi connectivity index (χ3v) is 12.4. The molecule has 3 unspecified atom stereocenters. The molecule has 0 bridgehead atoms. The number of rotatable bonds is 15. The summed E-state index contributed by atoms with van der Waals surface area (Å²) in [5, 5.41) is 13.0. The van der Waals surface area contributed by atoms with Crippen molar-refractivity contribution in [3.8, 4) is 0 Å². The first-order chi connectivity index (χ1) is 18.3. The van der Waals surface area contributed by atoms with Gasteiger partial charge in [0, 0.05) is 20.3 Å². The maximum atomic E-state index is 12.5. The van der Waals surface area contributed by atoms with Gasteiger partial charge in [-0.3, -0.25) is 0 Å². The lowest BCUT2D eigenvalue weighted by Crippen LogP contribution is -2.65. The molecular weight excluding hydrogens is 496 g/mol. The Hall–Kier alpha value is -1.58. The summed E-state index contributed by atoms with van der Waals surface area (Å²) in [5.41, 5.74) is 0. The van der Waals surface area contributed by atoms with Crippen molar-refractivity contribution in [2.45, 2.75) is 102 Å². The first-order valence-electron chi connectivity index (χ1n) is 14.2. The molecule has 6 nitrogen and oxygen atoms in total. The third-order valence-electron chi connectivity index (χ3n) is 7.88. The van der Waals surface area contributed by atoms with Crippen molar-refractivity contribution >= 4 is 18.7 Å². The molecule has 0 radical (unpaired) electrons. The fourth-order valence-electron chi connectivity index (χ4n) is 5.40. The Labute approximate surface area is 230 Å². The second-order valence-corrected chi connectivity index (χ2v) is 14.9. The summed E-state index contributed by atoms with van der Waals surface area (Å²) >= 11 is 0. The second-order valence-electron chi connectivity index (χ2n) is 11.0. The summed E-state index contributed by atoms with van der Waals surface area (Å²) in [7, 11) is -1.55. The molecule has 0 saturated carbocycles. The predicted octanol–water partition coefficient (Wildman–Crippen LogP) is 4.40. The number of aliphatic hydroxyl groups excluding tert-OH is 1. The Bertz CT molecular complexity index is 885. The van der Waals surface area contributed by atoms with Gasteiger partial charge in [-0.05, 0) is 41.1 Å². The molecule has 0 aromatic heterocycles. The van der Waals surface area contributed by atoms with Crippen LogP contribution >= 0.6 is 0 Å². The van der Waals surface area contributed by atoms with E-state index < -0.39 is 44.1 Å². The zero-order chi connectivity index (χ0) is 27.6. The molecule has 5 atom stereocenters. The van der Waals surface area contributed by atoms with E-state index in [1.807, 2.05) is 60.7 Å². The minimum Gasteiger partial charge on any atom is -0.424 e. The van der Waals surface area contributed by atoms with Crippen LogP contribution in [0.25, 0.3) is 0 Å². The van der Waals surface area contributed by atoms with Gasteiger partial charge in [-0.25, -0.2) is 0 Å². The van der Waals surface area contributed by atoms with Crippen molar-refractivity contribution < 1.29 is 28.8 Å². The number of unbranched alkanes of at least 4 members (excludes halogenated alkanes) is 2. The van der Waals surface area contributed by atoms with E-state index in [4.69, 9.17) is 18.9 Å². The van der Waals surface area contributed by atoms with Crippen LogP contribution in [0.1, 0.15) is 66.2 Å². The minimum absolute atomic E-state index is 0.450. The number of benzene rings is 2. The van der Waals surface area contributed by atoms with Gasteiger partial charge in [-0.15, -0.1) is 0 Å². The van der Waals surface area contributed by atoms with Crippen molar-refractivity contribution in [2.75, 3.05) is 20.3 Å². The molecule has 7 heteroatoms. The average molecular weight is 545 g/mol. The Kier molecular flexibility index (Phi) is 12.0. The van der Waals surface area contributed by atoms with E-state index in [-0.39, 0.29) is 0 Å². The highest BCUT2D eigenvalue weighted by atomic mass is 28.4. The molecule has 3 rings (SSSR count). The summed E-state index contributed by atoms with van der Waals surface area (Å²) in [5.74, 6) is 0. The second kappa shape index (κ2) is 14.7. The zero-order valence-electron chi connectivity index (χ0n) is 23.8. The van der Waals surface area contributed by atoms with Crippen LogP contribution in [0.15, 0.2) is 60.7 Å². The highest BCUT2D eigenvalue weighted by molar-refractivity contribution is 6.98. The predicted molar refractivity (Wildman–Crippen MR) is 154 cm³/mol. The number of methoxy groups -OCH3 is 1. The molecule has 38 heavy (non-hydrogen) atoms. The van der Waals surface area contributed by atoms with Crippen molar-refractivity contribution in [3.63, 3.8) is 0 Å². The van der Waals surface area contributed by atoms with E-state index in [0.29, 0.717) is 26.1 Å². The van der Waals surface area contributed by atoms with E-state index in [2.05, 4.69) is 27.7 Å². The van der Waals surface area contributed by atoms with Crippen molar-refractivity contribution in [1.82, 2.24) is 0 Å². The molecule has 2 N–H and O–H groups in total. The Morgan fingerprint density at radius 2 is 1.34 bits per heavy atom. The summed E-state index contributed by atoms with van der Waals surface area (Å²) in [6, 6.07) is 20.0. The number of hydrogen-bond acceptors (Lipinski definition) is 6. The fourth-order valence-corrected chi connectivity index (χ4v) is 9.16. The first kappa shape index (κ1) is 31.0. The monoisotopic (exact) mass is 544 g/mol. The van der Waals surface area contributed by atoms with E-state index in [1.54, 1.807) is 7.11 Å². The van der Waals surface area contributed by atoms with Crippen LogP contribution in [0, 0.1) is 0 Å². The van der Waals surface area contributed by atoms with Gasteiger partial charge in [-0.2, -0.15) is 0 Å². The van der Waals surface area contributed by atoms with Gasteiger partial charge < -0.3 is 28.8 Å². The fraction of sp³-hybridized carbons (Fsp3) is 0.613. The Morgan fingerprint density at radius 1 is 0.842 bits per heavy atom. The smallest absolute Gasteiger partial charge is 0.258 e. The molecule has 0 aliphatic carbocycles. The van der Waals surface area contributed by atoms with E-state index >= 15 is 0 Å². The van der Waals surface area contributed by atoms with Gasteiger partial charge in [0.15, 0.2) is 6.29 Å². The lowest BCUT2D eigenvalue weighted by molar-refractivity contribution is -0.307. The van der Waals surface area contributed by atoms with Crippen LogP contribution in [0.3, 0.4) is 0 Å². The summed E-state index contributed by atoms with van der Waals surface area (Å²) < 4.78 is 24.4. The molecule has 212 valence electrons. The van der Waals surface area contributed by atoms with Gasteiger partial charge in [0.25, 0.3) is 8.32 Å². The molecule has 2 aromatic carbocycles. The van der Waals surface area contributed by atoms with Crippen LogP contribution in [0.5, 0.6) is 0 Å². The topological polar surface area (TPSA) is 77.4 Å². The third kappa shape index (κ3) is 7.13. The standard InChI is InChI=1S/C31H48O6Si/c1-6-8-22-35-28-27(32)26(37-30(34-5)29(28)36-23-9-7-2)20-21-31(3,4)38(33,24-16-12-10-13-17-24)25-18-14-11-15-19-25/h10-19,26-30,32-33H,6-9,20-23H2,1-5H3/t26?,27-,28?,29?,30+/m1/s1. The highest BCUT2D eigenvalue weighted by Gasteiger charge is 2.52. The van der Waals surface area contributed by atoms with Gasteiger partial charge in [0.2, 0.25) is 0 Å². The molecule has 2 aromatic rings. The summed E-state index contributed by atoms with van der Waals surface area (Å²) in [6.45, 7) is 9.62. The number of hydrogen-bond donors (Lipinski definition) is 2. The van der Waals surface area contributed by atoms with E-state index in [9.17, 15) is 9.90 Å². The normalized spacial score (nSPS) is 24.4. The molecule has 1 heterocycles. The van der Waals surface area contributed by atoms with Crippen LogP contribution in [-0.4, -0.2) is 69.2 Å². The molecule has 0 spiro atoms. The Morgan fingerprint density at radius 3 is 1.82 bits per heavy atom. The Balaban J connectivity index is 1.83. The molecule has 1 saturated heterocycles. The van der Waals surface area contributed by atoms with Gasteiger partial charge in [0.05, 0.1) is 6.10 Å². The van der Waals surface area contributed by atoms with Crippen LogP contribution in [-0.2, 0) is 18.9 Å². The van der Waals surface area contributed by atoms with Crippen LogP contribution < -0.4 is 10.4 Å². The SMILES string of the molecule is CCCCOC1C(OCCCC)[C@H](O)C(CCC(C)(C)[Si](O)(c2ccccc2)c2ccccc2)O[C@@H]1OC. The molecule has 1 fully saturated rings. The van der Waals surface area contributed by atoms with E-state index in [0.717, 1.165) is 36.1 Å². The van der Waals surface area contributed by atoms with Crippen LogP contribution in [0.4, 0.5) is 0 Å². The minimum atomic E-state index is -3.16. The lowest BCUT2D eigenvalue weighted by Gasteiger charge is -2.46. The van der Waals surface area contributed by atoms with E-state index in [1.165, 1.54) is 0 Å². The van der Waals surface area contributed by atoms with Crippen molar-refractivity contribution in [2.24, 2.45) is 0 Å². The quantitative estimate of drug-likeness (QED) is 0.256. The lowest BCUT2D eigenvalue weighted by atomic mass is 9.93. The summed E-state index contributed by atoms with van der Waals surface area (Å²) in [4.78, 5) is 12.5. The number of ether oxygens (including phenoxy) is 4. The van der Waals surface area contributed by atoms with Crippen molar-refractivity contribution in [1.29, 1.82) is 0 Å². The average Bonchev–Trinajstić information content (AvgIpc) is 2.94. The zero-order valence-corrected chi connectivity index (χ0v) is 24.8. The first-order valence-corrected chi connectivity index (χ1v) is 16.2. The van der Waals surface area contributed by atoms with Gasteiger partial charge in [-0.1, -0.05) is 101 Å². The summed E-state index contributed by atoms with van der Waals surface area (Å²) in [6.07, 6.45) is 2.04. The van der Waals surface area contributed by atoms with Gasteiger partial charge >= 0.3 is 0 Å². The number of aliphatic hydroxyl groups is 1. The molecule has 0 amide bonds. The molecule has 1 aliphatic rings. The highest BCUT2D eigenvalue weighted by Crippen LogP contribution is 2.42. The maximum Gasteiger partial charge on any atom is 0.258 e. The largest absolute Gasteiger partial charge is 0.424 e. The van der Waals surface area contributed by atoms with Gasteiger partial charge in [0.1, 0.15) is 18.3 Å².